The summed E-state index contributed by atoms with van der Waals surface area (Å²) in [5.74, 6) is -2.68. The van der Waals surface area contributed by atoms with Gasteiger partial charge >= 0.3 is 5.97 Å². The minimum Gasteiger partial charge on any atom is -0.478 e. The van der Waals surface area contributed by atoms with E-state index < -0.39 is 17.8 Å². The summed E-state index contributed by atoms with van der Waals surface area (Å²) < 4.78 is 0. The highest BCUT2D eigenvalue weighted by Gasteiger charge is 2.35. The number of nitrogens with two attached hydrogens (primary N) is 1. The number of carbonyl (C=O) groups excluding carboxylic acids is 2. The van der Waals surface area contributed by atoms with E-state index >= 15 is 0 Å². The Morgan fingerprint density at radius 1 is 1.42 bits per heavy atom. The third-order valence-electron chi connectivity index (χ3n) is 3.01. The molecule has 0 aliphatic carbocycles. The van der Waals surface area contributed by atoms with Gasteiger partial charge < -0.3 is 15.7 Å². The van der Waals surface area contributed by atoms with Gasteiger partial charge in [0.1, 0.15) is 0 Å². The first-order valence-electron chi connectivity index (χ1n) is 5.52. The number of hydrogen-bond acceptors (Lipinski definition) is 3. The highest BCUT2D eigenvalue weighted by atomic mass is 35.5. The topological polar surface area (TPSA) is 101 Å². The SMILES string of the molecule is NC(=O)C1CC(=O)N(c2cc(Cl)ccc2C(=O)O)C1. The molecule has 0 radical (unpaired) electrons. The number of carboxylic acid groups (broad SMARTS) is 1. The molecule has 100 valence electrons. The van der Waals surface area contributed by atoms with E-state index in [4.69, 9.17) is 22.4 Å². The molecular formula is C12H11ClN2O4. The lowest BCUT2D eigenvalue weighted by Crippen LogP contribution is -2.29. The lowest BCUT2D eigenvalue weighted by atomic mass is 10.1. The van der Waals surface area contributed by atoms with Crippen LogP contribution in [0.3, 0.4) is 0 Å². The molecule has 7 heteroatoms. The number of anilines is 1. The number of halogens is 1. The van der Waals surface area contributed by atoms with Gasteiger partial charge in [-0.15, -0.1) is 0 Å². The predicted octanol–water partition coefficient (Wildman–Crippen LogP) is 0.876. The van der Waals surface area contributed by atoms with Crippen LogP contribution in [0.1, 0.15) is 16.8 Å². The zero-order chi connectivity index (χ0) is 14.2. The molecule has 1 aromatic carbocycles. The van der Waals surface area contributed by atoms with Gasteiger partial charge in [-0.2, -0.15) is 0 Å². The van der Waals surface area contributed by atoms with Crippen molar-refractivity contribution >= 4 is 35.1 Å². The molecule has 19 heavy (non-hydrogen) atoms. The number of amides is 2. The molecule has 1 aliphatic rings. The van der Waals surface area contributed by atoms with Crippen LogP contribution >= 0.6 is 11.6 Å². The Morgan fingerprint density at radius 2 is 2.11 bits per heavy atom. The van der Waals surface area contributed by atoms with Gasteiger partial charge in [-0.25, -0.2) is 4.79 Å². The molecule has 1 unspecified atom stereocenters. The van der Waals surface area contributed by atoms with Crippen molar-refractivity contribution < 1.29 is 19.5 Å². The smallest absolute Gasteiger partial charge is 0.337 e. The molecule has 0 saturated carbocycles. The van der Waals surface area contributed by atoms with Gasteiger partial charge in [-0.3, -0.25) is 9.59 Å². The Balaban J connectivity index is 2.42. The number of nitrogens with zero attached hydrogens (tertiary/aromatic N) is 1. The first-order valence-corrected chi connectivity index (χ1v) is 5.90. The molecule has 2 amide bonds. The summed E-state index contributed by atoms with van der Waals surface area (Å²) >= 11 is 5.82. The maximum Gasteiger partial charge on any atom is 0.337 e. The summed E-state index contributed by atoms with van der Waals surface area (Å²) in [6.07, 6.45) is -0.0130. The van der Waals surface area contributed by atoms with Gasteiger partial charge in [0.15, 0.2) is 0 Å². The number of hydrogen-bond donors (Lipinski definition) is 2. The minimum atomic E-state index is -1.16. The Hall–Kier alpha value is -2.08. The number of benzene rings is 1. The predicted molar refractivity (Wildman–Crippen MR) is 68.1 cm³/mol. The molecule has 1 heterocycles. The van der Waals surface area contributed by atoms with Crippen LogP contribution in [0, 0.1) is 5.92 Å². The van der Waals surface area contributed by atoms with Crippen molar-refractivity contribution in [3.05, 3.63) is 28.8 Å². The van der Waals surface area contributed by atoms with Gasteiger partial charge in [0.05, 0.1) is 17.2 Å². The second kappa shape index (κ2) is 4.89. The lowest BCUT2D eigenvalue weighted by molar-refractivity contribution is -0.123. The molecule has 1 aliphatic heterocycles. The van der Waals surface area contributed by atoms with Crippen molar-refractivity contribution in [2.75, 3.05) is 11.4 Å². The third kappa shape index (κ3) is 2.53. The Kier molecular flexibility index (Phi) is 3.44. The zero-order valence-electron chi connectivity index (χ0n) is 9.80. The van der Waals surface area contributed by atoms with Crippen LogP contribution in [0.25, 0.3) is 0 Å². The molecule has 0 spiro atoms. The molecule has 1 aromatic rings. The summed E-state index contributed by atoms with van der Waals surface area (Å²) in [6, 6.07) is 4.15. The van der Waals surface area contributed by atoms with E-state index in [-0.39, 0.29) is 30.1 Å². The van der Waals surface area contributed by atoms with Crippen LogP contribution in [-0.2, 0) is 9.59 Å². The Labute approximate surface area is 113 Å². The Morgan fingerprint density at radius 3 is 2.63 bits per heavy atom. The van der Waals surface area contributed by atoms with Crippen LogP contribution in [0.4, 0.5) is 5.69 Å². The number of carbonyl (C=O) groups is 3. The largest absolute Gasteiger partial charge is 0.478 e. The first kappa shape index (κ1) is 13.4. The van der Waals surface area contributed by atoms with Gasteiger partial charge in [0, 0.05) is 18.0 Å². The van der Waals surface area contributed by atoms with Crippen molar-refractivity contribution in [2.24, 2.45) is 11.7 Å². The molecule has 3 N–H and O–H groups in total. The van der Waals surface area contributed by atoms with Crippen LogP contribution in [0.2, 0.25) is 5.02 Å². The van der Waals surface area contributed by atoms with E-state index in [1.54, 1.807) is 0 Å². The van der Waals surface area contributed by atoms with E-state index in [1.807, 2.05) is 0 Å². The molecule has 1 fully saturated rings. The molecule has 1 atom stereocenters. The zero-order valence-corrected chi connectivity index (χ0v) is 10.6. The number of primary amides is 1. The second-order valence-electron chi connectivity index (χ2n) is 4.27. The molecule has 2 rings (SSSR count). The summed E-state index contributed by atoms with van der Waals surface area (Å²) in [5.41, 5.74) is 5.32. The van der Waals surface area contributed by atoms with Crippen LogP contribution in [0.5, 0.6) is 0 Å². The first-order chi connectivity index (χ1) is 8.90. The quantitative estimate of drug-likeness (QED) is 0.859. The van der Waals surface area contributed by atoms with E-state index in [1.165, 1.54) is 23.1 Å². The maximum atomic E-state index is 11.9. The number of rotatable bonds is 3. The van der Waals surface area contributed by atoms with Crippen molar-refractivity contribution in [3.63, 3.8) is 0 Å². The molecule has 0 bridgehead atoms. The van der Waals surface area contributed by atoms with Crippen molar-refractivity contribution in [1.29, 1.82) is 0 Å². The van der Waals surface area contributed by atoms with E-state index in [0.29, 0.717) is 5.02 Å². The van der Waals surface area contributed by atoms with Crippen LogP contribution in [-0.4, -0.2) is 29.4 Å². The third-order valence-corrected chi connectivity index (χ3v) is 3.24. The van der Waals surface area contributed by atoms with E-state index in [0.717, 1.165) is 0 Å². The lowest BCUT2D eigenvalue weighted by Gasteiger charge is -2.18. The highest BCUT2D eigenvalue weighted by molar-refractivity contribution is 6.31. The maximum absolute atomic E-state index is 11.9. The fourth-order valence-corrected chi connectivity index (χ4v) is 2.21. The second-order valence-corrected chi connectivity index (χ2v) is 4.71. The van der Waals surface area contributed by atoms with Crippen LogP contribution < -0.4 is 10.6 Å². The normalized spacial score (nSPS) is 18.7. The number of aromatic carboxylic acids is 1. The minimum absolute atomic E-state index is 0.0130. The van der Waals surface area contributed by atoms with Gasteiger partial charge in [0.2, 0.25) is 11.8 Å². The fraction of sp³-hybridized carbons (Fsp3) is 0.250. The molecule has 0 aromatic heterocycles. The average Bonchev–Trinajstić information content (AvgIpc) is 2.71. The van der Waals surface area contributed by atoms with Gasteiger partial charge in [0.25, 0.3) is 0 Å². The van der Waals surface area contributed by atoms with E-state index in [2.05, 4.69) is 0 Å². The van der Waals surface area contributed by atoms with Crippen molar-refractivity contribution in [2.45, 2.75) is 6.42 Å². The van der Waals surface area contributed by atoms with Crippen LogP contribution in [0.15, 0.2) is 18.2 Å². The molecule has 6 nitrogen and oxygen atoms in total. The average molecular weight is 283 g/mol. The summed E-state index contributed by atoms with van der Waals surface area (Å²) in [7, 11) is 0. The van der Waals surface area contributed by atoms with Crippen molar-refractivity contribution in [1.82, 2.24) is 0 Å². The standard InChI is InChI=1S/C12H11ClN2O4/c13-7-1-2-8(12(18)19)9(4-7)15-5-6(11(14)17)3-10(15)16/h1-2,4,6H,3,5H2,(H2,14,17)(H,18,19). The molecule has 1 saturated heterocycles. The summed E-state index contributed by atoms with van der Waals surface area (Å²) in [5, 5.41) is 9.42. The monoisotopic (exact) mass is 282 g/mol. The highest BCUT2D eigenvalue weighted by Crippen LogP contribution is 2.30. The fourth-order valence-electron chi connectivity index (χ4n) is 2.04. The van der Waals surface area contributed by atoms with Gasteiger partial charge in [-0.05, 0) is 18.2 Å². The summed E-state index contributed by atoms with van der Waals surface area (Å²) in [6.45, 7) is 0.0782. The van der Waals surface area contributed by atoms with Gasteiger partial charge in [-0.1, -0.05) is 11.6 Å². The number of carboxylic acids is 1. The summed E-state index contributed by atoms with van der Waals surface area (Å²) in [4.78, 5) is 35.3. The van der Waals surface area contributed by atoms with Crippen molar-refractivity contribution in [3.8, 4) is 0 Å². The Bertz CT molecular complexity index is 573. The van der Waals surface area contributed by atoms with E-state index in [9.17, 15) is 14.4 Å². The molecular weight excluding hydrogens is 272 g/mol.